The van der Waals surface area contributed by atoms with Crippen LogP contribution in [0.15, 0.2) is 53.5 Å². The summed E-state index contributed by atoms with van der Waals surface area (Å²) in [4.78, 5) is 24.4. The average Bonchev–Trinajstić information content (AvgIpc) is 3.48. The third-order valence-electron chi connectivity index (χ3n) is 6.48. The van der Waals surface area contributed by atoms with Gasteiger partial charge in [-0.05, 0) is 62.0 Å². The highest BCUT2D eigenvalue weighted by molar-refractivity contribution is 7.17. The quantitative estimate of drug-likeness (QED) is 0.479. The minimum atomic E-state index is -0.551. The van der Waals surface area contributed by atoms with E-state index in [0.29, 0.717) is 11.1 Å². The van der Waals surface area contributed by atoms with Crippen LogP contribution >= 0.6 is 22.9 Å². The molecule has 0 radical (unpaired) electrons. The van der Waals surface area contributed by atoms with Crippen LogP contribution in [-0.2, 0) is 0 Å². The molecule has 1 aromatic heterocycles. The molecule has 5 rings (SSSR count). The number of Topliss-reactive ketones (excluding diaryl/α,β-unsaturated/α-hetero) is 1. The standard InChI is InChI=1S/C26H26ClN3O2S/c1-29(2)20-10-11-30(15-20)21-9-6-17(12-22(21)32-3)24-25(31)26-18(14-28-24)13-23(33-26)16-4-7-19(27)8-5-16/h4-9,12-14,20,24H,10-11,15H2,1-3H3/t20-,24?/m0/s1. The minimum Gasteiger partial charge on any atom is -0.495 e. The monoisotopic (exact) mass is 479 g/mol. The van der Waals surface area contributed by atoms with E-state index in [9.17, 15) is 4.79 Å². The molecule has 3 aromatic rings. The highest BCUT2D eigenvalue weighted by Crippen LogP contribution is 2.40. The van der Waals surface area contributed by atoms with Crippen molar-refractivity contribution < 1.29 is 9.53 Å². The summed E-state index contributed by atoms with van der Waals surface area (Å²) in [6, 6.07) is 15.7. The number of halogens is 1. The van der Waals surface area contributed by atoms with E-state index >= 15 is 0 Å². The molecule has 1 fully saturated rings. The van der Waals surface area contributed by atoms with Gasteiger partial charge < -0.3 is 14.5 Å². The number of ketones is 1. The molecule has 0 bridgehead atoms. The first-order chi connectivity index (χ1) is 15.9. The molecule has 0 aliphatic carbocycles. The van der Waals surface area contributed by atoms with Crippen LogP contribution in [0.1, 0.15) is 33.3 Å². The van der Waals surface area contributed by atoms with Crippen molar-refractivity contribution in [3.63, 3.8) is 0 Å². The Labute approximate surface area is 203 Å². The summed E-state index contributed by atoms with van der Waals surface area (Å²) < 4.78 is 5.73. The van der Waals surface area contributed by atoms with Crippen molar-refractivity contribution in [2.75, 3.05) is 39.2 Å². The van der Waals surface area contributed by atoms with Gasteiger partial charge >= 0.3 is 0 Å². The second kappa shape index (κ2) is 8.93. The number of fused-ring (bicyclic) bond motifs is 1. The molecule has 7 heteroatoms. The fourth-order valence-corrected chi connectivity index (χ4v) is 5.77. The van der Waals surface area contributed by atoms with E-state index < -0.39 is 6.04 Å². The fourth-order valence-electron chi connectivity index (χ4n) is 4.54. The molecular formula is C26H26ClN3O2S. The van der Waals surface area contributed by atoms with Crippen LogP contribution in [0.4, 0.5) is 5.69 Å². The van der Waals surface area contributed by atoms with Crippen molar-refractivity contribution >= 4 is 40.6 Å². The molecule has 0 N–H and O–H groups in total. The number of carbonyl (C=O) groups excluding carboxylic acids is 1. The lowest BCUT2D eigenvalue weighted by Gasteiger charge is -2.24. The molecule has 3 heterocycles. The number of aliphatic imine (C=N–C) groups is 1. The van der Waals surface area contributed by atoms with Crippen LogP contribution in [0.25, 0.3) is 10.4 Å². The van der Waals surface area contributed by atoms with Gasteiger partial charge in [0.05, 0.1) is 17.7 Å². The van der Waals surface area contributed by atoms with Crippen LogP contribution in [0.3, 0.4) is 0 Å². The summed E-state index contributed by atoms with van der Waals surface area (Å²) in [6.45, 7) is 1.96. The zero-order valence-corrected chi connectivity index (χ0v) is 20.5. The zero-order valence-electron chi connectivity index (χ0n) is 18.9. The van der Waals surface area contributed by atoms with Gasteiger partial charge in [-0.3, -0.25) is 9.79 Å². The third-order valence-corrected chi connectivity index (χ3v) is 7.94. The molecule has 1 saturated heterocycles. The Bertz CT molecular complexity index is 1220. The third kappa shape index (κ3) is 4.19. The Kier molecular flexibility index (Phi) is 5.99. The van der Waals surface area contributed by atoms with Crippen LogP contribution in [0, 0.1) is 0 Å². The lowest BCUT2D eigenvalue weighted by molar-refractivity contribution is 0.0964. The number of anilines is 1. The molecule has 0 amide bonds. The van der Waals surface area contributed by atoms with E-state index in [0.717, 1.165) is 57.4 Å². The van der Waals surface area contributed by atoms with Gasteiger partial charge in [-0.25, -0.2) is 0 Å². The molecule has 0 saturated carbocycles. The van der Waals surface area contributed by atoms with E-state index in [1.165, 1.54) is 11.3 Å². The summed E-state index contributed by atoms with van der Waals surface area (Å²) >= 11 is 7.53. The number of carbonyl (C=O) groups is 1. The van der Waals surface area contributed by atoms with Gasteiger partial charge in [-0.15, -0.1) is 11.3 Å². The zero-order chi connectivity index (χ0) is 23.1. The van der Waals surface area contributed by atoms with E-state index in [2.05, 4.69) is 35.0 Å². The van der Waals surface area contributed by atoms with E-state index in [4.69, 9.17) is 16.3 Å². The molecule has 33 heavy (non-hydrogen) atoms. The Hall–Kier alpha value is -2.67. The van der Waals surface area contributed by atoms with Crippen LogP contribution < -0.4 is 9.64 Å². The summed E-state index contributed by atoms with van der Waals surface area (Å²) in [5.74, 6) is 0.815. The van der Waals surface area contributed by atoms with Gasteiger partial charge in [-0.1, -0.05) is 29.8 Å². The summed E-state index contributed by atoms with van der Waals surface area (Å²) in [7, 11) is 5.93. The predicted octanol–water partition coefficient (Wildman–Crippen LogP) is 5.57. The molecular weight excluding hydrogens is 454 g/mol. The Balaban J connectivity index is 1.41. The molecule has 2 aliphatic heterocycles. The number of nitrogens with zero attached hydrogens (tertiary/aromatic N) is 3. The molecule has 2 aliphatic rings. The second-order valence-corrected chi connectivity index (χ2v) is 10.2. The van der Waals surface area contributed by atoms with Crippen molar-refractivity contribution in [1.82, 2.24) is 4.90 Å². The smallest absolute Gasteiger partial charge is 0.202 e. The molecule has 2 atom stereocenters. The van der Waals surface area contributed by atoms with Crippen molar-refractivity contribution in [3.05, 3.63) is 69.6 Å². The molecule has 2 aromatic carbocycles. The number of ether oxygens (including phenoxy) is 1. The highest BCUT2D eigenvalue weighted by Gasteiger charge is 2.31. The second-order valence-electron chi connectivity index (χ2n) is 8.73. The lowest BCUT2D eigenvalue weighted by atomic mass is 9.97. The molecule has 1 unspecified atom stereocenters. The van der Waals surface area contributed by atoms with E-state index in [1.54, 1.807) is 7.11 Å². The van der Waals surface area contributed by atoms with Crippen molar-refractivity contribution in [1.29, 1.82) is 0 Å². The summed E-state index contributed by atoms with van der Waals surface area (Å²) in [5.41, 5.74) is 3.85. The van der Waals surface area contributed by atoms with Gasteiger partial charge in [0.25, 0.3) is 0 Å². The largest absolute Gasteiger partial charge is 0.495 e. The van der Waals surface area contributed by atoms with E-state index in [1.807, 2.05) is 48.7 Å². The Morgan fingerprint density at radius 1 is 1.15 bits per heavy atom. The number of thiophene rings is 1. The summed E-state index contributed by atoms with van der Waals surface area (Å²) in [6.07, 6.45) is 2.94. The topological polar surface area (TPSA) is 45.1 Å². The fraction of sp³-hybridized carbons (Fsp3) is 0.308. The number of rotatable bonds is 5. The molecule has 170 valence electrons. The number of methoxy groups -OCH3 is 1. The minimum absolute atomic E-state index is 0.0290. The summed E-state index contributed by atoms with van der Waals surface area (Å²) in [5, 5.41) is 0.696. The van der Waals surface area contributed by atoms with Gasteiger partial charge in [0.1, 0.15) is 11.8 Å². The Morgan fingerprint density at radius 2 is 1.94 bits per heavy atom. The average molecular weight is 480 g/mol. The van der Waals surface area contributed by atoms with Crippen LogP contribution in [0.2, 0.25) is 5.02 Å². The maximum atomic E-state index is 13.4. The van der Waals surface area contributed by atoms with Crippen molar-refractivity contribution in [2.45, 2.75) is 18.5 Å². The van der Waals surface area contributed by atoms with Crippen LogP contribution in [-0.4, -0.2) is 57.2 Å². The first-order valence-corrected chi connectivity index (χ1v) is 12.2. The Morgan fingerprint density at radius 3 is 2.64 bits per heavy atom. The predicted molar refractivity (Wildman–Crippen MR) is 137 cm³/mol. The van der Waals surface area contributed by atoms with Gasteiger partial charge in [-0.2, -0.15) is 0 Å². The normalized spacial score (nSPS) is 19.9. The van der Waals surface area contributed by atoms with Gasteiger partial charge in [0.2, 0.25) is 5.78 Å². The number of benzene rings is 2. The van der Waals surface area contributed by atoms with Crippen molar-refractivity contribution in [2.24, 2.45) is 4.99 Å². The molecule has 5 nitrogen and oxygen atoms in total. The maximum absolute atomic E-state index is 13.4. The molecule has 0 spiro atoms. The van der Waals surface area contributed by atoms with E-state index in [-0.39, 0.29) is 5.78 Å². The number of likely N-dealkylation sites (N-methyl/N-ethyl adjacent to an activating group) is 1. The van der Waals surface area contributed by atoms with Gasteiger partial charge in [0, 0.05) is 40.8 Å². The lowest BCUT2D eigenvalue weighted by Crippen LogP contribution is -2.31. The van der Waals surface area contributed by atoms with Crippen LogP contribution in [0.5, 0.6) is 5.75 Å². The number of hydrogen-bond acceptors (Lipinski definition) is 6. The number of hydrogen-bond donors (Lipinski definition) is 0. The first kappa shape index (κ1) is 22.1. The van der Waals surface area contributed by atoms with Gasteiger partial charge in [0.15, 0.2) is 0 Å². The SMILES string of the molecule is COc1cc(C2N=Cc3cc(-c4ccc(Cl)cc4)sc3C2=O)ccc1N1CC[C@H](N(C)C)C1. The first-order valence-electron chi connectivity index (χ1n) is 11.0. The highest BCUT2D eigenvalue weighted by atomic mass is 35.5. The maximum Gasteiger partial charge on any atom is 0.202 e. The van der Waals surface area contributed by atoms with Crippen molar-refractivity contribution in [3.8, 4) is 16.2 Å².